The molecule has 0 aliphatic rings. The molecule has 1 aromatic heterocycles. The molecule has 1 heterocycles. The van der Waals surface area contributed by atoms with Crippen LogP contribution in [0.4, 0.5) is 0 Å². The summed E-state index contributed by atoms with van der Waals surface area (Å²) in [5, 5.41) is 0. The zero-order valence-corrected chi connectivity index (χ0v) is 15.3. The van der Waals surface area contributed by atoms with Gasteiger partial charge in [-0.1, -0.05) is 51.3 Å². The normalized spacial score (nSPS) is 12.0. The van der Waals surface area contributed by atoms with E-state index in [1.54, 1.807) is 18.2 Å². The van der Waals surface area contributed by atoms with E-state index in [-0.39, 0.29) is 9.90 Å². The standard InChI is InChI=1S/C14H11BrCl2N2O2S/c1-19(14(21)9-6-10(16)22-12(9)17)11(13(18)20)7-3-2-4-8(15)5-7/h2-6,11H,1H3,(H2,18,20)/t11-/m0/s1. The van der Waals surface area contributed by atoms with Gasteiger partial charge in [0, 0.05) is 11.5 Å². The lowest BCUT2D eigenvalue weighted by Gasteiger charge is -2.26. The highest BCUT2D eigenvalue weighted by atomic mass is 79.9. The van der Waals surface area contributed by atoms with Crippen molar-refractivity contribution in [1.29, 1.82) is 0 Å². The maximum atomic E-state index is 12.6. The summed E-state index contributed by atoms with van der Waals surface area (Å²) in [6.45, 7) is 0. The predicted molar refractivity (Wildman–Crippen MR) is 92.5 cm³/mol. The first-order chi connectivity index (χ1) is 10.3. The van der Waals surface area contributed by atoms with Crippen LogP contribution >= 0.6 is 50.5 Å². The molecule has 1 aromatic carbocycles. The lowest BCUT2D eigenvalue weighted by Crippen LogP contribution is -2.39. The van der Waals surface area contributed by atoms with Gasteiger partial charge >= 0.3 is 0 Å². The number of primary amides is 1. The van der Waals surface area contributed by atoms with Crippen molar-refractivity contribution in [2.24, 2.45) is 5.73 Å². The van der Waals surface area contributed by atoms with Crippen LogP contribution in [0.1, 0.15) is 22.0 Å². The van der Waals surface area contributed by atoms with E-state index in [1.165, 1.54) is 18.0 Å². The number of halogens is 3. The molecule has 0 radical (unpaired) electrons. The number of carbonyl (C=O) groups excluding carboxylic acids is 2. The Kier molecular flexibility index (Phi) is 5.50. The Labute approximate surface area is 149 Å². The molecule has 0 aliphatic carbocycles. The van der Waals surface area contributed by atoms with E-state index in [9.17, 15) is 9.59 Å². The highest BCUT2D eigenvalue weighted by molar-refractivity contribution is 9.10. The van der Waals surface area contributed by atoms with Gasteiger partial charge in [-0.2, -0.15) is 0 Å². The minimum absolute atomic E-state index is 0.250. The van der Waals surface area contributed by atoms with E-state index in [2.05, 4.69) is 15.9 Å². The number of thiophene rings is 1. The first kappa shape index (κ1) is 17.3. The Hall–Kier alpha value is -1.08. The number of nitrogens with zero attached hydrogens (tertiary/aromatic N) is 1. The Bertz CT molecular complexity index is 735. The van der Waals surface area contributed by atoms with E-state index < -0.39 is 17.9 Å². The second kappa shape index (κ2) is 7.00. The Morgan fingerprint density at radius 2 is 2.00 bits per heavy atom. The monoisotopic (exact) mass is 420 g/mol. The smallest absolute Gasteiger partial charge is 0.256 e. The second-order valence-electron chi connectivity index (χ2n) is 4.51. The molecule has 0 spiro atoms. The molecule has 2 N–H and O–H groups in total. The van der Waals surface area contributed by atoms with Gasteiger partial charge in [0.2, 0.25) is 5.91 Å². The molecule has 22 heavy (non-hydrogen) atoms. The number of carbonyl (C=O) groups is 2. The molecule has 4 nitrogen and oxygen atoms in total. The summed E-state index contributed by atoms with van der Waals surface area (Å²) >= 11 is 16.3. The highest BCUT2D eigenvalue weighted by Crippen LogP contribution is 2.33. The summed E-state index contributed by atoms with van der Waals surface area (Å²) in [4.78, 5) is 25.6. The molecule has 2 aromatic rings. The van der Waals surface area contributed by atoms with Crippen LogP contribution in [-0.4, -0.2) is 23.8 Å². The minimum atomic E-state index is -0.903. The summed E-state index contributed by atoms with van der Waals surface area (Å²) in [5.74, 6) is -1.05. The van der Waals surface area contributed by atoms with Crippen molar-refractivity contribution in [1.82, 2.24) is 4.90 Å². The van der Waals surface area contributed by atoms with Crippen molar-refractivity contribution < 1.29 is 9.59 Å². The van der Waals surface area contributed by atoms with Crippen LogP contribution in [-0.2, 0) is 4.79 Å². The molecule has 0 unspecified atom stereocenters. The third-order valence-corrected chi connectivity index (χ3v) is 5.01. The van der Waals surface area contributed by atoms with E-state index in [0.29, 0.717) is 9.90 Å². The van der Waals surface area contributed by atoms with E-state index in [0.717, 1.165) is 15.8 Å². The molecular formula is C14H11BrCl2N2O2S. The summed E-state index contributed by atoms with van der Waals surface area (Å²) in [6, 6.07) is 7.63. The fraction of sp³-hybridized carbons (Fsp3) is 0.143. The van der Waals surface area contributed by atoms with E-state index in [1.807, 2.05) is 6.07 Å². The van der Waals surface area contributed by atoms with Crippen molar-refractivity contribution in [2.75, 3.05) is 7.05 Å². The van der Waals surface area contributed by atoms with Gasteiger partial charge in [-0.05, 0) is 23.8 Å². The van der Waals surface area contributed by atoms with Crippen LogP contribution in [0, 0.1) is 0 Å². The predicted octanol–water partition coefficient (Wildman–Crippen LogP) is 4.12. The Morgan fingerprint density at radius 1 is 1.32 bits per heavy atom. The van der Waals surface area contributed by atoms with Gasteiger partial charge in [-0.25, -0.2) is 0 Å². The van der Waals surface area contributed by atoms with Crippen LogP contribution in [0.5, 0.6) is 0 Å². The average Bonchev–Trinajstić information content (AvgIpc) is 2.76. The number of amides is 2. The van der Waals surface area contributed by atoms with Crippen LogP contribution in [0.3, 0.4) is 0 Å². The number of benzene rings is 1. The molecule has 116 valence electrons. The quantitative estimate of drug-likeness (QED) is 0.806. The molecule has 0 fully saturated rings. The summed E-state index contributed by atoms with van der Waals surface area (Å²) < 4.78 is 1.47. The average molecular weight is 422 g/mol. The number of nitrogens with two attached hydrogens (primary N) is 1. The first-order valence-electron chi connectivity index (χ1n) is 6.08. The molecule has 1 atom stereocenters. The van der Waals surface area contributed by atoms with Gasteiger partial charge in [0.25, 0.3) is 5.91 Å². The highest BCUT2D eigenvalue weighted by Gasteiger charge is 2.29. The molecule has 0 saturated carbocycles. The second-order valence-corrected chi connectivity index (χ2v) is 7.72. The zero-order chi connectivity index (χ0) is 16.4. The molecular weight excluding hydrogens is 411 g/mol. The summed E-state index contributed by atoms with van der Waals surface area (Å²) in [5.41, 5.74) is 6.33. The van der Waals surface area contributed by atoms with E-state index >= 15 is 0 Å². The van der Waals surface area contributed by atoms with Crippen molar-refractivity contribution in [3.8, 4) is 0 Å². The molecule has 0 saturated heterocycles. The molecule has 0 aliphatic heterocycles. The number of likely N-dealkylation sites (N-methyl/N-ethyl adjacent to an activating group) is 1. The van der Waals surface area contributed by atoms with Gasteiger partial charge in [-0.3, -0.25) is 9.59 Å². The van der Waals surface area contributed by atoms with Crippen LogP contribution < -0.4 is 5.73 Å². The summed E-state index contributed by atoms with van der Waals surface area (Å²) in [6.07, 6.45) is 0. The van der Waals surface area contributed by atoms with Crippen molar-refractivity contribution in [3.63, 3.8) is 0 Å². The topological polar surface area (TPSA) is 63.4 Å². The number of rotatable bonds is 4. The molecule has 0 bridgehead atoms. The zero-order valence-electron chi connectivity index (χ0n) is 11.3. The fourth-order valence-corrected chi connectivity index (χ4v) is 3.91. The van der Waals surface area contributed by atoms with E-state index in [4.69, 9.17) is 28.9 Å². The third kappa shape index (κ3) is 3.63. The van der Waals surface area contributed by atoms with Crippen LogP contribution in [0.2, 0.25) is 8.67 Å². The van der Waals surface area contributed by atoms with Gasteiger partial charge in [-0.15, -0.1) is 11.3 Å². The van der Waals surface area contributed by atoms with Gasteiger partial charge in [0.15, 0.2) is 0 Å². The summed E-state index contributed by atoms with van der Waals surface area (Å²) in [7, 11) is 1.50. The van der Waals surface area contributed by atoms with Gasteiger partial charge < -0.3 is 10.6 Å². The Balaban J connectivity index is 2.38. The van der Waals surface area contributed by atoms with Crippen molar-refractivity contribution in [2.45, 2.75) is 6.04 Å². The largest absolute Gasteiger partial charge is 0.368 e. The SMILES string of the molecule is CN(C(=O)c1cc(Cl)sc1Cl)[C@H](C(N)=O)c1cccc(Br)c1. The lowest BCUT2D eigenvalue weighted by atomic mass is 10.0. The molecule has 2 rings (SSSR count). The maximum absolute atomic E-state index is 12.6. The van der Waals surface area contributed by atoms with Crippen LogP contribution in [0.25, 0.3) is 0 Å². The van der Waals surface area contributed by atoms with Crippen molar-refractivity contribution >= 4 is 62.3 Å². The minimum Gasteiger partial charge on any atom is -0.368 e. The third-order valence-electron chi connectivity index (χ3n) is 3.03. The van der Waals surface area contributed by atoms with Crippen LogP contribution in [0.15, 0.2) is 34.8 Å². The van der Waals surface area contributed by atoms with Gasteiger partial charge in [0.05, 0.1) is 9.90 Å². The maximum Gasteiger partial charge on any atom is 0.256 e. The number of hydrogen-bond acceptors (Lipinski definition) is 3. The first-order valence-corrected chi connectivity index (χ1v) is 8.44. The number of hydrogen-bond donors (Lipinski definition) is 1. The molecule has 2 amide bonds. The Morgan fingerprint density at radius 3 is 2.50 bits per heavy atom. The molecule has 8 heteroatoms. The van der Waals surface area contributed by atoms with Gasteiger partial charge in [0.1, 0.15) is 10.4 Å². The lowest BCUT2D eigenvalue weighted by molar-refractivity contribution is -0.122. The van der Waals surface area contributed by atoms with Crippen molar-refractivity contribution in [3.05, 3.63) is 54.6 Å². The fourth-order valence-electron chi connectivity index (χ4n) is 2.05.